The van der Waals surface area contributed by atoms with Crippen LogP contribution in [0.25, 0.3) is 0 Å². The lowest BCUT2D eigenvalue weighted by atomic mass is 9.83. The van der Waals surface area contributed by atoms with E-state index in [2.05, 4.69) is 13.5 Å². The van der Waals surface area contributed by atoms with Gasteiger partial charge in [0.15, 0.2) is 15.6 Å². The normalized spacial score (nSPS) is 35.4. The summed E-state index contributed by atoms with van der Waals surface area (Å²) in [6.07, 6.45) is 2.13. The van der Waals surface area contributed by atoms with Crippen LogP contribution in [0.4, 0.5) is 0 Å². The highest BCUT2D eigenvalue weighted by Crippen LogP contribution is 2.41. The van der Waals surface area contributed by atoms with Gasteiger partial charge in [0.05, 0.1) is 53.9 Å². The molecule has 4 rings (SSSR count). The highest BCUT2D eigenvalue weighted by Gasteiger charge is 2.50. The Morgan fingerprint density at radius 2 is 1.84 bits per heavy atom. The minimum absolute atomic E-state index is 0.0427. The molecule has 0 bridgehead atoms. The molecule has 0 radical (unpaired) electrons. The van der Waals surface area contributed by atoms with Crippen molar-refractivity contribution in [3.63, 3.8) is 0 Å². The number of carbonyl (C=O) groups is 1. The molecule has 8 nitrogen and oxygen atoms in total. The number of hydrogen-bond donors (Lipinski definition) is 0. The molecule has 8 atom stereocenters. The van der Waals surface area contributed by atoms with Gasteiger partial charge in [-0.1, -0.05) is 31.7 Å². The fourth-order valence-corrected chi connectivity index (χ4v) is 7.73. The van der Waals surface area contributed by atoms with Gasteiger partial charge >= 0.3 is 0 Å². The van der Waals surface area contributed by atoms with E-state index >= 15 is 0 Å². The standard InChI is InChI=1S/C29H42O8S/c1-19-14-21(10-9-13-30)35-25(20(19)2)16-26-24(18-38(31,32)23-11-7-6-8-12-23)28(33-5)27(36-26)15-22-17-34-29(3,4)37-22/h6-8,11-13,19,21-22,24-28H,2,9-10,14-18H2,1,3-5H3/t19-,21?,22?,24+,25+,26+,27-,28-/m1/s1. The fourth-order valence-electron chi connectivity index (χ4n) is 6.05. The van der Waals surface area contributed by atoms with Crippen LogP contribution < -0.4 is 0 Å². The zero-order valence-corrected chi connectivity index (χ0v) is 23.7. The first-order valence-corrected chi connectivity index (χ1v) is 15.2. The van der Waals surface area contributed by atoms with Gasteiger partial charge in [0.2, 0.25) is 0 Å². The maximum absolute atomic E-state index is 13.5. The summed E-state index contributed by atoms with van der Waals surface area (Å²) in [5, 5.41) is 0. The molecular weight excluding hydrogens is 508 g/mol. The Balaban J connectivity index is 1.56. The molecule has 1 aromatic rings. The van der Waals surface area contributed by atoms with Crippen LogP contribution in [-0.4, -0.2) is 76.6 Å². The molecule has 3 aliphatic rings. The SMILES string of the molecule is C=C1[C@H](C)CC(CCC=O)O[C@H]1C[C@@H]1O[C@H](CC2COC(C)(C)O2)[C@H](OC)[C@H]1CS(=O)(=O)c1ccccc1. The van der Waals surface area contributed by atoms with E-state index in [0.29, 0.717) is 32.3 Å². The van der Waals surface area contributed by atoms with E-state index in [1.54, 1.807) is 37.4 Å². The van der Waals surface area contributed by atoms with Crippen LogP contribution in [0.2, 0.25) is 0 Å². The molecule has 0 spiro atoms. The molecule has 0 aliphatic carbocycles. The van der Waals surface area contributed by atoms with E-state index in [0.717, 1.165) is 18.3 Å². The van der Waals surface area contributed by atoms with E-state index in [1.165, 1.54) is 0 Å². The van der Waals surface area contributed by atoms with Crippen LogP contribution in [0.3, 0.4) is 0 Å². The van der Waals surface area contributed by atoms with Crippen molar-refractivity contribution in [2.75, 3.05) is 19.5 Å². The maximum atomic E-state index is 13.5. The lowest BCUT2D eigenvalue weighted by Crippen LogP contribution is -2.40. The van der Waals surface area contributed by atoms with E-state index < -0.39 is 33.8 Å². The summed E-state index contributed by atoms with van der Waals surface area (Å²) < 4.78 is 57.6. The summed E-state index contributed by atoms with van der Waals surface area (Å²) in [7, 11) is -1.99. The first-order chi connectivity index (χ1) is 18.0. The van der Waals surface area contributed by atoms with Gasteiger partial charge in [-0.2, -0.15) is 0 Å². The molecule has 2 unspecified atom stereocenters. The molecule has 212 valence electrons. The zero-order chi connectivity index (χ0) is 27.5. The lowest BCUT2D eigenvalue weighted by Gasteiger charge is -2.37. The summed E-state index contributed by atoms with van der Waals surface area (Å²) >= 11 is 0. The summed E-state index contributed by atoms with van der Waals surface area (Å²) in [4.78, 5) is 11.2. The van der Waals surface area contributed by atoms with E-state index in [1.807, 2.05) is 13.8 Å². The minimum atomic E-state index is -3.59. The molecular formula is C29H42O8S. The molecule has 3 aliphatic heterocycles. The lowest BCUT2D eigenvalue weighted by molar-refractivity contribution is -0.144. The van der Waals surface area contributed by atoms with E-state index in [9.17, 15) is 13.2 Å². The Kier molecular flexibility index (Phi) is 9.48. The predicted molar refractivity (Wildman–Crippen MR) is 142 cm³/mol. The van der Waals surface area contributed by atoms with Crippen molar-refractivity contribution in [1.82, 2.24) is 0 Å². The average molecular weight is 551 g/mol. The summed E-state index contributed by atoms with van der Waals surface area (Å²) in [6, 6.07) is 8.50. The number of rotatable bonds is 11. The van der Waals surface area contributed by atoms with Gasteiger partial charge in [0.1, 0.15) is 6.29 Å². The number of aldehydes is 1. The second-order valence-electron chi connectivity index (χ2n) is 11.3. The van der Waals surface area contributed by atoms with Crippen molar-refractivity contribution in [2.24, 2.45) is 11.8 Å². The van der Waals surface area contributed by atoms with Gasteiger partial charge in [-0.15, -0.1) is 0 Å². The maximum Gasteiger partial charge on any atom is 0.178 e. The Morgan fingerprint density at radius 3 is 2.47 bits per heavy atom. The van der Waals surface area contributed by atoms with Crippen molar-refractivity contribution in [3.05, 3.63) is 42.5 Å². The number of methoxy groups -OCH3 is 1. The first kappa shape index (κ1) is 29.4. The van der Waals surface area contributed by atoms with E-state index in [4.69, 9.17) is 23.7 Å². The van der Waals surface area contributed by atoms with Gasteiger partial charge < -0.3 is 28.5 Å². The smallest absolute Gasteiger partial charge is 0.178 e. The minimum Gasteiger partial charge on any atom is -0.378 e. The highest BCUT2D eigenvalue weighted by molar-refractivity contribution is 7.91. The van der Waals surface area contributed by atoms with Crippen molar-refractivity contribution < 1.29 is 36.9 Å². The number of ether oxygens (including phenoxy) is 5. The summed E-state index contributed by atoms with van der Waals surface area (Å²) in [5.41, 5.74) is 0.979. The molecule has 3 fully saturated rings. The highest BCUT2D eigenvalue weighted by atomic mass is 32.2. The van der Waals surface area contributed by atoms with E-state index in [-0.39, 0.29) is 41.0 Å². The van der Waals surface area contributed by atoms with Crippen LogP contribution in [0.5, 0.6) is 0 Å². The number of benzene rings is 1. The zero-order valence-electron chi connectivity index (χ0n) is 22.9. The Bertz CT molecular complexity index is 1060. The summed E-state index contributed by atoms with van der Waals surface area (Å²) in [6.45, 7) is 10.6. The van der Waals surface area contributed by atoms with Crippen molar-refractivity contribution >= 4 is 16.1 Å². The van der Waals surface area contributed by atoms with Gasteiger partial charge in [0.25, 0.3) is 0 Å². The fraction of sp³-hybridized carbons (Fsp3) is 0.690. The molecule has 38 heavy (non-hydrogen) atoms. The number of carbonyl (C=O) groups excluding carboxylic acids is 1. The summed E-state index contributed by atoms with van der Waals surface area (Å²) in [5.74, 6) is -0.944. The van der Waals surface area contributed by atoms with Gasteiger partial charge in [0, 0.05) is 32.3 Å². The number of sulfone groups is 1. The molecule has 0 amide bonds. The Morgan fingerprint density at radius 1 is 1.11 bits per heavy atom. The third-order valence-electron chi connectivity index (χ3n) is 8.04. The molecule has 1 aromatic carbocycles. The second kappa shape index (κ2) is 12.3. The van der Waals surface area contributed by atoms with Crippen LogP contribution >= 0.6 is 0 Å². The first-order valence-electron chi connectivity index (χ1n) is 13.6. The molecule has 3 heterocycles. The van der Waals surface area contributed by atoms with Gasteiger partial charge in [-0.25, -0.2) is 8.42 Å². The van der Waals surface area contributed by atoms with Crippen LogP contribution in [0.1, 0.15) is 52.9 Å². The van der Waals surface area contributed by atoms with Gasteiger partial charge in [-0.05, 0) is 50.3 Å². The number of hydrogen-bond acceptors (Lipinski definition) is 8. The average Bonchev–Trinajstić information content (AvgIpc) is 3.38. The molecule has 0 aromatic heterocycles. The van der Waals surface area contributed by atoms with Gasteiger partial charge in [-0.3, -0.25) is 0 Å². The third-order valence-corrected chi connectivity index (χ3v) is 9.85. The monoisotopic (exact) mass is 550 g/mol. The largest absolute Gasteiger partial charge is 0.378 e. The van der Waals surface area contributed by atoms with Crippen molar-refractivity contribution in [2.45, 2.75) is 100 Å². The van der Waals surface area contributed by atoms with Crippen LogP contribution in [-0.2, 0) is 38.3 Å². The van der Waals surface area contributed by atoms with Crippen LogP contribution in [0.15, 0.2) is 47.4 Å². The molecule has 0 saturated carbocycles. The topological polar surface area (TPSA) is 97.4 Å². The second-order valence-corrected chi connectivity index (χ2v) is 13.3. The Hall–Kier alpha value is -1.62. The Labute approximate surface area is 226 Å². The predicted octanol–water partition coefficient (Wildman–Crippen LogP) is 4.12. The quantitative estimate of drug-likeness (QED) is 0.300. The third kappa shape index (κ3) is 6.92. The van der Waals surface area contributed by atoms with Crippen LogP contribution in [0, 0.1) is 11.8 Å². The van der Waals surface area contributed by atoms with Crippen molar-refractivity contribution in [1.29, 1.82) is 0 Å². The van der Waals surface area contributed by atoms with Crippen molar-refractivity contribution in [3.8, 4) is 0 Å². The molecule has 3 saturated heterocycles. The molecule has 0 N–H and O–H groups in total. The molecule has 9 heteroatoms.